The van der Waals surface area contributed by atoms with Crippen molar-refractivity contribution >= 4 is 39.7 Å². The summed E-state index contributed by atoms with van der Waals surface area (Å²) < 4.78 is 0. The van der Waals surface area contributed by atoms with Crippen molar-refractivity contribution in [1.29, 1.82) is 0 Å². The van der Waals surface area contributed by atoms with Gasteiger partial charge in [-0.3, -0.25) is 4.79 Å². The number of fused-ring (bicyclic) bond motifs is 2. The predicted molar refractivity (Wildman–Crippen MR) is 102 cm³/mol. The lowest BCUT2D eigenvalue weighted by Crippen LogP contribution is -2.40. The first-order valence-corrected chi connectivity index (χ1v) is 10.3. The van der Waals surface area contributed by atoms with Gasteiger partial charge in [-0.2, -0.15) is 0 Å². The fourth-order valence-electron chi connectivity index (χ4n) is 3.55. The third-order valence-corrected chi connectivity index (χ3v) is 6.70. The van der Waals surface area contributed by atoms with Crippen molar-refractivity contribution in [3.05, 3.63) is 51.7 Å². The Morgan fingerprint density at radius 3 is 3.08 bits per heavy atom. The summed E-state index contributed by atoms with van der Waals surface area (Å²) in [6, 6.07) is 10.7. The lowest BCUT2D eigenvalue weighted by molar-refractivity contribution is -0.131. The highest BCUT2D eigenvalue weighted by atomic mass is 32.2. The fourth-order valence-corrected chi connectivity index (χ4v) is 5.36. The Morgan fingerprint density at radius 1 is 1.38 bits per heavy atom. The summed E-state index contributed by atoms with van der Waals surface area (Å²) >= 11 is 3.42. The molecule has 0 fully saturated rings. The molecule has 2 aliphatic rings. The molecule has 1 amide bonds. The molecule has 1 unspecified atom stereocenters. The first-order valence-electron chi connectivity index (χ1n) is 8.40. The average molecular weight is 357 g/mol. The molecule has 1 aromatic carbocycles. The number of nitrogens with zero attached hydrogens (tertiary/aromatic N) is 2. The Bertz CT molecular complexity index is 796. The number of aliphatic imine (C=N–C) groups is 1. The fraction of sp³-hybridized carbons (Fsp3) is 0.368. The molecule has 0 saturated heterocycles. The van der Waals surface area contributed by atoms with Crippen LogP contribution in [0.1, 0.15) is 35.4 Å². The number of benzene rings is 1. The van der Waals surface area contributed by atoms with E-state index in [1.165, 1.54) is 16.0 Å². The lowest BCUT2D eigenvalue weighted by Gasteiger charge is -2.35. The monoisotopic (exact) mass is 356 g/mol. The molecule has 0 aliphatic carbocycles. The molecule has 2 aliphatic heterocycles. The Morgan fingerprint density at radius 2 is 2.25 bits per heavy atom. The van der Waals surface area contributed by atoms with Crippen LogP contribution in [0, 0.1) is 0 Å². The molecule has 4 rings (SSSR count). The SMILES string of the molecule is CCC1c2ccsc2CCN1C(=O)CSC1=Nc2ccccc2C1. The maximum Gasteiger partial charge on any atom is 0.233 e. The minimum Gasteiger partial charge on any atom is -0.335 e. The van der Waals surface area contributed by atoms with Gasteiger partial charge in [0, 0.05) is 17.8 Å². The van der Waals surface area contributed by atoms with Gasteiger partial charge in [0.25, 0.3) is 0 Å². The zero-order valence-electron chi connectivity index (χ0n) is 13.7. The second-order valence-electron chi connectivity index (χ2n) is 6.16. The van der Waals surface area contributed by atoms with Crippen LogP contribution in [0.3, 0.4) is 0 Å². The van der Waals surface area contributed by atoms with E-state index >= 15 is 0 Å². The van der Waals surface area contributed by atoms with Crippen molar-refractivity contribution in [2.45, 2.75) is 32.2 Å². The van der Waals surface area contributed by atoms with Crippen LogP contribution >= 0.6 is 23.1 Å². The molecule has 0 saturated carbocycles. The highest BCUT2D eigenvalue weighted by Gasteiger charge is 2.30. The van der Waals surface area contributed by atoms with E-state index in [2.05, 4.69) is 34.3 Å². The number of rotatable bonds is 3. The van der Waals surface area contributed by atoms with Crippen molar-refractivity contribution in [2.75, 3.05) is 12.3 Å². The number of hydrogen-bond acceptors (Lipinski definition) is 4. The number of carbonyl (C=O) groups is 1. The maximum atomic E-state index is 12.8. The number of amides is 1. The Balaban J connectivity index is 1.41. The van der Waals surface area contributed by atoms with E-state index in [1.54, 1.807) is 11.8 Å². The molecule has 2 aromatic rings. The molecular formula is C19H20N2OS2. The van der Waals surface area contributed by atoms with E-state index in [0.29, 0.717) is 5.75 Å². The number of carbonyl (C=O) groups excluding carboxylic acids is 1. The average Bonchev–Trinajstić information content (AvgIpc) is 3.24. The molecule has 24 heavy (non-hydrogen) atoms. The van der Waals surface area contributed by atoms with Crippen LogP contribution in [0.4, 0.5) is 5.69 Å². The molecule has 0 spiro atoms. The topological polar surface area (TPSA) is 32.7 Å². The van der Waals surface area contributed by atoms with E-state index in [4.69, 9.17) is 0 Å². The van der Waals surface area contributed by atoms with Crippen molar-refractivity contribution in [3.63, 3.8) is 0 Å². The van der Waals surface area contributed by atoms with Crippen LogP contribution < -0.4 is 0 Å². The maximum absolute atomic E-state index is 12.8. The highest BCUT2D eigenvalue weighted by molar-refractivity contribution is 8.14. The van der Waals surface area contributed by atoms with Crippen molar-refractivity contribution in [1.82, 2.24) is 4.90 Å². The number of para-hydroxylation sites is 1. The van der Waals surface area contributed by atoms with E-state index in [-0.39, 0.29) is 11.9 Å². The molecule has 3 nitrogen and oxygen atoms in total. The van der Waals surface area contributed by atoms with Crippen LogP contribution in [-0.2, 0) is 17.6 Å². The molecule has 124 valence electrons. The zero-order chi connectivity index (χ0) is 16.5. The van der Waals surface area contributed by atoms with Gasteiger partial charge in [-0.25, -0.2) is 4.99 Å². The summed E-state index contributed by atoms with van der Waals surface area (Å²) in [5.41, 5.74) is 3.68. The first-order chi connectivity index (χ1) is 11.8. The Hall–Kier alpha value is -1.59. The van der Waals surface area contributed by atoms with E-state index in [1.807, 2.05) is 29.5 Å². The molecule has 3 heterocycles. The summed E-state index contributed by atoms with van der Waals surface area (Å²) in [6.07, 6.45) is 2.83. The third kappa shape index (κ3) is 2.91. The second-order valence-corrected chi connectivity index (χ2v) is 8.21. The van der Waals surface area contributed by atoms with Gasteiger partial charge < -0.3 is 4.90 Å². The van der Waals surface area contributed by atoms with Gasteiger partial charge >= 0.3 is 0 Å². The van der Waals surface area contributed by atoms with Gasteiger partial charge in [-0.15, -0.1) is 23.1 Å². The molecule has 5 heteroatoms. The molecule has 0 N–H and O–H groups in total. The molecule has 0 radical (unpaired) electrons. The lowest BCUT2D eigenvalue weighted by atomic mass is 9.98. The van der Waals surface area contributed by atoms with Crippen LogP contribution in [0.2, 0.25) is 0 Å². The Labute approximate surface area is 150 Å². The number of thioether (sulfide) groups is 1. The molecule has 1 aromatic heterocycles. The first kappa shape index (κ1) is 15.9. The highest BCUT2D eigenvalue weighted by Crippen LogP contribution is 2.36. The molecule has 1 atom stereocenters. The van der Waals surface area contributed by atoms with Gasteiger partial charge in [0.05, 0.1) is 22.5 Å². The van der Waals surface area contributed by atoms with Gasteiger partial charge in [0.1, 0.15) is 0 Å². The van der Waals surface area contributed by atoms with Crippen LogP contribution in [0.5, 0.6) is 0 Å². The van der Waals surface area contributed by atoms with Crippen molar-refractivity contribution < 1.29 is 4.79 Å². The predicted octanol–water partition coefficient (Wildman–Crippen LogP) is 4.60. The molecular weight excluding hydrogens is 336 g/mol. The summed E-state index contributed by atoms with van der Waals surface area (Å²) in [7, 11) is 0. The minimum absolute atomic E-state index is 0.238. The minimum atomic E-state index is 0.238. The van der Waals surface area contributed by atoms with Gasteiger partial charge in [0.2, 0.25) is 5.91 Å². The Kier molecular flexibility index (Phi) is 4.46. The summed E-state index contributed by atoms with van der Waals surface area (Å²) in [6.45, 7) is 3.01. The van der Waals surface area contributed by atoms with Crippen LogP contribution in [-0.4, -0.2) is 28.1 Å². The quantitative estimate of drug-likeness (QED) is 0.805. The molecule has 0 bridgehead atoms. The van der Waals surface area contributed by atoms with Crippen molar-refractivity contribution in [3.8, 4) is 0 Å². The number of thiophene rings is 1. The third-order valence-electron chi connectivity index (χ3n) is 4.74. The number of hydrogen-bond donors (Lipinski definition) is 0. The van der Waals surface area contributed by atoms with E-state index in [9.17, 15) is 4.79 Å². The standard InChI is InChI=1S/C19H20N2OS2/c1-2-16-14-8-10-23-17(14)7-9-21(16)19(22)12-24-18-11-13-5-3-4-6-15(13)20-18/h3-6,8,10,16H,2,7,9,11-12H2,1H3. The smallest absolute Gasteiger partial charge is 0.233 e. The van der Waals surface area contributed by atoms with Gasteiger partial charge in [-0.1, -0.05) is 25.1 Å². The van der Waals surface area contributed by atoms with Crippen molar-refractivity contribution in [2.24, 2.45) is 4.99 Å². The summed E-state index contributed by atoms with van der Waals surface area (Å²) in [4.78, 5) is 21.0. The van der Waals surface area contributed by atoms with E-state index in [0.717, 1.165) is 36.5 Å². The van der Waals surface area contributed by atoms with Gasteiger partial charge in [-0.05, 0) is 41.5 Å². The summed E-state index contributed by atoms with van der Waals surface area (Å²) in [5.74, 6) is 0.727. The zero-order valence-corrected chi connectivity index (χ0v) is 15.3. The van der Waals surface area contributed by atoms with E-state index < -0.39 is 0 Å². The van der Waals surface area contributed by atoms with Crippen LogP contribution in [0.15, 0.2) is 40.7 Å². The normalized spacial score (nSPS) is 19.0. The van der Waals surface area contributed by atoms with Gasteiger partial charge in [0.15, 0.2) is 0 Å². The summed E-state index contributed by atoms with van der Waals surface area (Å²) in [5, 5.41) is 3.21. The van der Waals surface area contributed by atoms with Crippen LogP contribution in [0.25, 0.3) is 0 Å². The second kappa shape index (κ2) is 6.73. The largest absolute Gasteiger partial charge is 0.335 e.